The molecule has 0 bridgehead atoms. The molecule has 0 unspecified atom stereocenters. The molecule has 8 heteroatoms. The van der Waals surface area contributed by atoms with Gasteiger partial charge in [0.15, 0.2) is 5.57 Å². The summed E-state index contributed by atoms with van der Waals surface area (Å²) >= 11 is 1.06. The van der Waals surface area contributed by atoms with E-state index in [0.29, 0.717) is 39.9 Å². The first-order chi connectivity index (χ1) is 17.4. The second-order valence-corrected chi connectivity index (χ2v) is 9.22. The van der Waals surface area contributed by atoms with Gasteiger partial charge in [-0.1, -0.05) is 38.1 Å². The van der Waals surface area contributed by atoms with Crippen LogP contribution in [0.3, 0.4) is 0 Å². The molecule has 2 aromatic heterocycles. The van der Waals surface area contributed by atoms with E-state index in [1.807, 2.05) is 37.3 Å². The smallest absolute Gasteiger partial charge is 0.273 e. The van der Waals surface area contributed by atoms with Crippen LogP contribution in [-0.4, -0.2) is 17.1 Å². The molecule has 36 heavy (non-hydrogen) atoms. The molecule has 1 N–H and O–H groups in total. The van der Waals surface area contributed by atoms with Gasteiger partial charge in [0.2, 0.25) is 0 Å². The van der Waals surface area contributed by atoms with Gasteiger partial charge < -0.3 is 14.5 Å². The lowest BCUT2D eigenvalue weighted by Crippen LogP contribution is -2.32. The SMILES string of the molecule is CCOc1ccccc1NC(=O)/C(C#N)=c1\s/c(=C\c2ccco2)c(=O)n1-c1ccc(C(C)C)cc1. The van der Waals surface area contributed by atoms with Crippen LogP contribution in [0.4, 0.5) is 5.69 Å². The Balaban J connectivity index is 1.92. The van der Waals surface area contributed by atoms with Gasteiger partial charge in [-0.2, -0.15) is 5.26 Å². The molecule has 1 amide bonds. The van der Waals surface area contributed by atoms with Crippen LogP contribution in [0.5, 0.6) is 5.75 Å². The molecule has 0 atom stereocenters. The van der Waals surface area contributed by atoms with Crippen molar-refractivity contribution in [3.63, 3.8) is 0 Å². The standard InChI is InChI=1S/C28H25N3O4S/c1-4-34-24-10-6-5-9-23(24)30-26(32)22(17-29)28-31(20-13-11-19(12-14-20)18(2)3)27(33)25(36-28)16-21-8-7-15-35-21/h5-16,18H,4H2,1-3H3,(H,30,32)/b25-16-,28-22-. The molecule has 0 aliphatic rings. The molecule has 0 aliphatic carbocycles. The Bertz CT molecular complexity index is 1590. The van der Waals surface area contributed by atoms with Crippen LogP contribution in [0.25, 0.3) is 17.3 Å². The highest BCUT2D eigenvalue weighted by molar-refractivity contribution is 7.07. The number of ether oxygens (including phenoxy) is 1. The summed E-state index contributed by atoms with van der Waals surface area (Å²) in [5, 5.41) is 12.8. The van der Waals surface area contributed by atoms with E-state index in [9.17, 15) is 14.9 Å². The Morgan fingerprint density at radius 3 is 2.56 bits per heavy atom. The van der Waals surface area contributed by atoms with E-state index in [1.165, 1.54) is 10.8 Å². The molecule has 7 nitrogen and oxygen atoms in total. The number of benzene rings is 2. The number of carbonyl (C=O) groups excluding carboxylic acids is 1. The van der Waals surface area contributed by atoms with Gasteiger partial charge in [0.05, 0.1) is 28.8 Å². The molecule has 0 fully saturated rings. The van der Waals surface area contributed by atoms with Crippen molar-refractivity contribution in [3.8, 4) is 17.5 Å². The quantitative estimate of drug-likeness (QED) is 0.412. The number of hydrogen-bond donors (Lipinski definition) is 1. The summed E-state index contributed by atoms with van der Waals surface area (Å²) in [6.45, 7) is 6.43. The molecule has 2 heterocycles. The maximum Gasteiger partial charge on any atom is 0.273 e. The average molecular weight is 500 g/mol. The summed E-state index contributed by atoms with van der Waals surface area (Å²) in [5.74, 6) is 0.669. The van der Waals surface area contributed by atoms with E-state index in [2.05, 4.69) is 19.2 Å². The van der Waals surface area contributed by atoms with E-state index in [4.69, 9.17) is 9.15 Å². The second kappa shape index (κ2) is 10.9. The Morgan fingerprint density at radius 2 is 1.92 bits per heavy atom. The number of nitrogens with zero attached hydrogens (tertiary/aromatic N) is 2. The Labute approximate surface area is 212 Å². The van der Waals surface area contributed by atoms with Crippen molar-refractivity contribution < 1.29 is 13.9 Å². The van der Waals surface area contributed by atoms with Crippen molar-refractivity contribution >= 4 is 34.6 Å². The Kier molecular flexibility index (Phi) is 7.52. The number of para-hydroxylation sites is 2. The van der Waals surface area contributed by atoms with E-state index < -0.39 is 5.91 Å². The fraction of sp³-hybridized carbons (Fsp3) is 0.179. The average Bonchev–Trinajstić information content (AvgIpc) is 3.49. The van der Waals surface area contributed by atoms with Gasteiger partial charge in [-0.15, -0.1) is 11.3 Å². The number of hydrogen-bond acceptors (Lipinski definition) is 6. The first-order valence-electron chi connectivity index (χ1n) is 11.5. The number of carbonyl (C=O) groups is 1. The zero-order valence-electron chi connectivity index (χ0n) is 20.1. The molecule has 2 aromatic carbocycles. The van der Waals surface area contributed by atoms with Gasteiger partial charge in [-0.3, -0.25) is 14.2 Å². The summed E-state index contributed by atoms with van der Waals surface area (Å²) < 4.78 is 12.9. The predicted octanol–water partition coefficient (Wildman–Crippen LogP) is 4.16. The summed E-state index contributed by atoms with van der Waals surface area (Å²) in [6.07, 6.45) is 3.12. The molecule has 0 saturated heterocycles. The minimum atomic E-state index is -0.636. The van der Waals surface area contributed by atoms with Gasteiger partial charge in [0.1, 0.15) is 22.2 Å². The fourth-order valence-corrected chi connectivity index (χ4v) is 4.71. The summed E-state index contributed by atoms with van der Waals surface area (Å²) in [6, 6.07) is 20.0. The van der Waals surface area contributed by atoms with E-state index in [1.54, 1.807) is 42.5 Å². The fourth-order valence-electron chi connectivity index (χ4n) is 3.63. The molecule has 182 valence electrons. The molecule has 4 aromatic rings. The summed E-state index contributed by atoms with van der Waals surface area (Å²) in [7, 11) is 0. The normalized spacial score (nSPS) is 12.4. The monoisotopic (exact) mass is 499 g/mol. The molecular weight excluding hydrogens is 474 g/mol. The number of anilines is 1. The van der Waals surface area contributed by atoms with Gasteiger partial charge in [0, 0.05) is 6.08 Å². The van der Waals surface area contributed by atoms with Crippen molar-refractivity contribution in [3.05, 3.63) is 97.8 Å². The van der Waals surface area contributed by atoms with Crippen LogP contribution in [0.15, 0.2) is 76.1 Å². The van der Waals surface area contributed by atoms with Crippen LogP contribution in [0.2, 0.25) is 0 Å². The Hall–Kier alpha value is -4.35. The van der Waals surface area contributed by atoms with Gasteiger partial charge in [0.25, 0.3) is 11.5 Å². The number of furan rings is 1. The largest absolute Gasteiger partial charge is 0.492 e. The molecular formula is C28H25N3O4S. The van der Waals surface area contributed by atoms with Crippen molar-refractivity contribution in [2.75, 3.05) is 11.9 Å². The summed E-state index contributed by atoms with van der Waals surface area (Å²) in [4.78, 5) is 26.8. The predicted molar refractivity (Wildman–Crippen MR) is 141 cm³/mol. The zero-order chi connectivity index (χ0) is 25.7. The molecule has 0 saturated carbocycles. The van der Waals surface area contributed by atoms with Crippen molar-refractivity contribution in [2.45, 2.75) is 26.7 Å². The third kappa shape index (κ3) is 5.16. The van der Waals surface area contributed by atoms with Crippen molar-refractivity contribution in [1.82, 2.24) is 4.57 Å². The van der Waals surface area contributed by atoms with Crippen LogP contribution < -0.4 is 24.8 Å². The van der Waals surface area contributed by atoms with Crippen molar-refractivity contribution in [1.29, 1.82) is 5.26 Å². The first-order valence-corrected chi connectivity index (χ1v) is 12.3. The van der Waals surface area contributed by atoms with Crippen LogP contribution in [-0.2, 0) is 4.79 Å². The van der Waals surface area contributed by atoms with E-state index in [-0.39, 0.29) is 15.8 Å². The minimum Gasteiger partial charge on any atom is -0.492 e. The highest BCUT2D eigenvalue weighted by Gasteiger charge is 2.19. The molecule has 0 radical (unpaired) electrons. The number of thiazole rings is 1. The van der Waals surface area contributed by atoms with Gasteiger partial charge >= 0.3 is 0 Å². The number of aromatic nitrogens is 1. The lowest BCUT2D eigenvalue weighted by Gasteiger charge is -2.11. The number of nitrogens with one attached hydrogen (secondary N) is 1. The first kappa shape index (κ1) is 24.8. The van der Waals surface area contributed by atoms with Crippen LogP contribution in [0, 0.1) is 11.3 Å². The lowest BCUT2D eigenvalue weighted by molar-refractivity contribution is -0.111. The van der Waals surface area contributed by atoms with Gasteiger partial charge in [-0.05, 0) is 54.8 Å². The Morgan fingerprint density at radius 1 is 1.17 bits per heavy atom. The van der Waals surface area contributed by atoms with Crippen LogP contribution in [0.1, 0.15) is 38.0 Å². The van der Waals surface area contributed by atoms with Gasteiger partial charge in [-0.25, -0.2) is 0 Å². The maximum atomic E-state index is 13.5. The van der Waals surface area contributed by atoms with Crippen LogP contribution >= 0.6 is 11.3 Å². The number of rotatable bonds is 7. The molecule has 0 aliphatic heterocycles. The van der Waals surface area contributed by atoms with E-state index >= 15 is 0 Å². The van der Waals surface area contributed by atoms with Crippen molar-refractivity contribution in [2.24, 2.45) is 0 Å². The third-order valence-corrected chi connectivity index (χ3v) is 6.54. The maximum absolute atomic E-state index is 13.5. The third-order valence-electron chi connectivity index (χ3n) is 5.45. The highest BCUT2D eigenvalue weighted by atomic mass is 32.1. The number of amides is 1. The zero-order valence-corrected chi connectivity index (χ0v) is 21.0. The number of nitriles is 1. The lowest BCUT2D eigenvalue weighted by atomic mass is 10.0. The summed E-state index contributed by atoms with van der Waals surface area (Å²) in [5.41, 5.74) is 1.58. The molecule has 4 rings (SSSR count). The second-order valence-electron chi connectivity index (χ2n) is 8.19. The molecule has 0 spiro atoms. The van der Waals surface area contributed by atoms with E-state index in [0.717, 1.165) is 16.9 Å². The topological polar surface area (TPSA) is 97.3 Å². The minimum absolute atomic E-state index is 0.185. The highest BCUT2D eigenvalue weighted by Crippen LogP contribution is 2.24.